The molecule has 0 aromatic rings. The molecule has 0 amide bonds. The highest BCUT2D eigenvalue weighted by atomic mass is 16.6. The van der Waals surface area contributed by atoms with Gasteiger partial charge < -0.3 is 10.2 Å². The molecule has 48 valence electrons. The van der Waals surface area contributed by atoms with Gasteiger partial charge in [0.05, 0.1) is 5.71 Å². The standard InChI is InChI=1S/C5H12N2O/c1-5(4-6-2)7-8-3/h6H,4H2,1-3H3/b7-5+. The summed E-state index contributed by atoms with van der Waals surface area (Å²) in [5.74, 6) is 0. The molecule has 0 radical (unpaired) electrons. The maximum Gasteiger partial charge on any atom is 0.106 e. The molecule has 0 heterocycles. The van der Waals surface area contributed by atoms with Gasteiger partial charge in [-0.25, -0.2) is 0 Å². The van der Waals surface area contributed by atoms with Gasteiger partial charge in [-0.15, -0.1) is 0 Å². The minimum absolute atomic E-state index is 0.786. The molecule has 0 bridgehead atoms. The van der Waals surface area contributed by atoms with E-state index in [-0.39, 0.29) is 0 Å². The van der Waals surface area contributed by atoms with E-state index in [4.69, 9.17) is 0 Å². The Morgan fingerprint density at radius 1 is 1.75 bits per heavy atom. The van der Waals surface area contributed by atoms with Gasteiger partial charge in [-0.05, 0) is 14.0 Å². The Kier molecular flexibility index (Phi) is 4.26. The monoisotopic (exact) mass is 116 g/mol. The van der Waals surface area contributed by atoms with Gasteiger partial charge >= 0.3 is 0 Å². The van der Waals surface area contributed by atoms with Crippen LogP contribution in [-0.2, 0) is 4.84 Å². The average molecular weight is 116 g/mol. The van der Waals surface area contributed by atoms with E-state index in [9.17, 15) is 0 Å². The van der Waals surface area contributed by atoms with Crippen LogP contribution in [-0.4, -0.2) is 26.4 Å². The zero-order valence-corrected chi connectivity index (χ0v) is 5.56. The fourth-order valence-electron chi connectivity index (χ4n) is 0.444. The third-order valence-corrected chi connectivity index (χ3v) is 0.680. The summed E-state index contributed by atoms with van der Waals surface area (Å²) in [6.45, 7) is 2.69. The second kappa shape index (κ2) is 4.59. The SMILES string of the molecule is CNC/C(C)=N/OC. The lowest BCUT2D eigenvalue weighted by Gasteiger charge is -1.94. The number of hydrogen-bond acceptors (Lipinski definition) is 3. The minimum Gasteiger partial charge on any atom is -0.399 e. The van der Waals surface area contributed by atoms with Crippen molar-refractivity contribution in [3.8, 4) is 0 Å². The van der Waals surface area contributed by atoms with Gasteiger partial charge in [0.15, 0.2) is 0 Å². The molecule has 1 N–H and O–H groups in total. The quantitative estimate of drug-likeness (QED) is 0.423. The fourth-order valence-corrected chi connectivity index (χ4v) is 0.444. The molecule has 0 aromatic carbocycles. The third kappa shape index (κ3) is 3.61. The van der Waals surface area contributed by atoms with Gasteiger partial charge in [-0.1, -0.05) is 5.16 Å². The summed E-state index contributed by atoms with van der Waals surface area (Å²) in [6, 6.07) is 0. The molecule has 3 nitrogen and oxygen atoms in total. The zero-order chi connectivity index (χ0) is 6.41. The van der Waals surface area contributed by atoms with Crippen LogP contribution in [0.15, 0.2) is 5.16 Å². The number of rotatable bonds is 3. The molecule has 0 aliphatic heterocycles. The zero-order valence-electron chi connectivity index (χ0n) is 5.56. The normalized spacial score (nSPS) is 11.6. The second-order valence-electron chi connectivity index (χ2n) is 1.54. The first-order valence-corrected chi connectivity index (χ1v) is 2.52. The van der Waals surface area contributed by atoms with Crippen molar-refractivity contribution in [2.75, 3.05) is 20.7 Å². The fraction of sp³-hybridized carbons (Fsp3) is 0.800. The van der Waals surface area contributed by atoms with Crippen molar-refractivity contribution in [2.24, 2.45) is 5.16 Å². The maximum absolute atomic E-state index is 4.50. The number of hydrogen-bond donors (Lipinski definition) is 1. The van der Waals surface area contributed by atoms with Crippen LogP contribution in [0.3, 0.4) is 0 Å². The van der Waals surface area contributed by atoms with Crippen LogP contribution in [0.1, 0.15) is 6.92 Å². The molecule has 0 atom stereocenters. The smallest absolute Gasteiger partial charge is 0.106 e. The lowest BCUT2D eigenvalue weighted by atomic mass is 10.4. The van der Waals surface area contributed by atoms with E-state index < -0.39 is 0 Å². The summed E-state index contributed by atoms with van der Waals surface area (Å²) in [4.78, 5) is 4.50. The van der Waals surface area contributed by atoms with E-state index in [0.717, 1.165) is 12.3 Å². The first kappa shape index (κ1) is 7.43. The van der Waals surface area contributed by atoms with Crippen molar-refractivity contribution in [1.82, 2.24) is 5.32 Å². The Morgan fingerprint density at radius 2 is 2.38 bits per heavy atom. The second-order valence-corrected chi connectivity index (χ2v) is 1.54. The topological polar surface area (TPSA) is 33.6 Å². The molecular formula is C5H12N2O. The predicted molar refractivity (Wildman–Crippen MR) is 34.0 cm³/mol. The van der Waals surface area contributed by atoms with Crippen molar-refractivity contribution in [3.63, 3.8) is 0 Å². The molecule has 0 aromatic heterocycles. The molecule has 0 unspecified atom stereocenters. The van der Waals surface area contributed by atoms with Crippen molar-refractivity contribution in [1.29, 1.82) is 0 Å². The van der Waals surface area contributed by atoms with Gasteiger partial charge in [-0.3, -0.25) is 0 Å². The Morgan fingerprint density at radius 3 is 2.75 bits per heavy atom. The van der Waals surface area contributed by atoms with Crippen molar-refractivity contribution < 1.29 is 4.84 Å². The average Bonchev–Trinajstić information content (AvgIpc) is 1.68. The number of nitrogens with one attached hydrogen (secondary N) is 1. The van der Waals surface area contributed by atoms with Crippen LogP contribution in [0.25, 0.3) is 0 Å². The molecule has 0 aliphatic rings. The van der Waals surface area contributed by atoms with E-state index >= 15 is 0 Å². The van der Waals surface area contributed by atoms with Crippen molar-refractivity contribution in [2.45, 2.75) is 6.92 Å². The predicted octanol–water partition coefficient (Wildman–Crippen LogP) is 0.228. The molecule has 0 spiro atoms. The van der Waals surface area contributed by atoms with E-state index in [0.29, 0.717) is 0 Å². The minimum atomic E-state index is 0.786. The Hall–Kier alpha value is -0.570. The highest BCUT2D eigenvalue weighted by Crippen LogP contribution is 1.73. The van der Waals surface area contributed by atoms with E-state index in [1.807, 2.05) is 14.0 Å². The summed E-state index contributed by atoms with van der Waals surface area (Å²) in [5, 5.41) is 6.61. The summed E-state index contributed by atoms with van der Waals surface area (Å²) in [5.41, 5.74) is 0.954. The maximum atomic E-state index is 4.50. The van der Waals surface area contributed by atoms with Gasteiger partial charge in [0.2, 0.25) is 0 Å². The summed E-state index contributed by atoms with van der Waals surface area (Å²) in [6.07, 6.45) is 0. The van der Waals surface area contributed by atoms with E-state index in [1.54, 1.807) is 7.11 Å². The lowest BCUT2D eigenvalue weighted by Crippen LogP contribution is -2.15. The Labute approximate surface area is 49.7 Å². The molecule has 0 rings (SSSR count). The van der Waals surface area contributed by atoms with Crippen molar-refractivity contribution >= 4 is 5.71 Å². The van der Waals surface area contributed by atoms with Gasteiger partial charge in [0.1, 0.15) is 7.11 Å². The van der Waals surface area contributed by atoms with Crippen LogP contribution in [0.2, 0.25) is 0 Å². The lowest BCUT2D eigenvalue weighted by molar-refractivity contribution is 0.212. The summed E-state index contributed by atoms with van der Waals surface area (Å²) in [7, 11) is 3.41. The highest BCUT2D eigenvalue weighted by Gasteiger charge is 1.84. The van der Waals surface area contributed by atoms with Gasteiger partial charge in [0, 0.05) is 6.54 Å². The molecule has 0 fully saturated rings. The van der Waals surface area contributed by atoms with Gasteiger partial charge in [-0.2, -0.15) is 0 Å². The van der Waals surface area contributed by atoms with Crippen molar-refractivity contribution in [3.05, 3.63) is 0 Å². The number of oxime groups is 1. The Balaban J connectivity index is 3.29. The molecule has 0 saturated heterocycles. The van der Waals surface area contributed by atoms with Crippen LogP contribution < -0.4 is 5.32 Å². The van der Waals surface area contributed by atoms with E-state index in [2.05, 4.69) is 15.3 Å². The largest absolute Gasteiger partial charge is 0.399 e. The van der Waals surface area contributed by atoms with Crippen LogP contribution >= 0.6 is 0 Å². The van der Waals surface area contributed by atoms with Crippen LogP contribution in [0.5, 0.6) is 0 Å². The first-order valence-electron chi connectivity index (χ1n) is 2.52. The summed E-state index contributed by atoms with van der Waals surface area (Å²) < 4.78 is 0. The molecule has 8 heavy (non-hydrogen) atoms. The molecular weight excluding hydrogens is 104 g/mol. The number of nitrogens with zero attached hydrogens (tertiary/aromatic N) is 1. The van der Waals surface area contributed by atoms with Crippen LogP contribution in [0, 0.1) is 0 Å². The Bertz CT molecular complexity index is 80.5. The molecule has 3 heteroatoms. The van der Waals surface area contributed by atoms with Gasteiger partial charge in [0.25, 0.3) is 0 Å². The van der Waals surface area contributed by atoms with E-state index in [1.165, 1.54) is 0 Å². The van der Waals surface area contributed by atoms with Crippen LogP contribution in [0.4, 0.5) is 0 Å². The molecule has 0 aliphatic carbocycles. The first-order chi connectivity index (χ1) is 3.81. The molecule has 0 saturated carbocycles. The third-order valence-electron chi connectivity index (χ3n) is 0.680. The summed E-state index contributed by atoms with van der Waals surface area (Å²) >= 11 is 0. The highest BCUT2D eigenvalue weighted by molar-refractivity contribution is 5.83.